The highest BCUT2D eigenvalue weighted by Gasteiger charge is 2.35. The van der Waals surface area contributed by atoms with E-state index in [2.05, 4.69) is 4.98 Å². The number of nitro benzene ring substituents is 1. The second kappa shape index (κ2) is 8.48. The largest absolute Gasteiger partial charge is 0.461 e. The number of Topliss-reactive ketones (excluding diaryl/α,β-unsaturated/α-hetero) is 1. The first kappa shape index (κ1) is 21.2. The Hall–Kier alpha value is -3.49. The summed E-state index contributed by atoms with van der Waals surface area (Å²) in [5, 5.41) is 10.8. The van der Waals surface area contributed by atoms with Gasteiger partial charge in [-0.25, -0.2) is 4.79 Å². The van der Waals surface area contributed by atoms with Crippen LogP contribution in [-0.4, -0.2) is 51.7 Å². The average molecular weight is 413 g/mol. The van der Waals surface area contributed by atoms with Crippen LogP contribution in [0.4, 0.5) is 5.69 Å². The molecule has 158 valence electrons. The van der Waals surface area contributed by atoms with Gasteiger partial charge in [0.2, 0.25) is 0 Å². The molecule has 2 aromatic rings. The smallest absolute Gasteiger partial charge is 0.355 e. The minimum Gasteiger partial charge on any atom is -0.461 e. The number of carbonyl (C=O) groups excluding carboxylic acids is 3. The number of H-pyrrole nitrogens is 1. The summed E-state index contributed by atoms with van der Waals surface area (Å²) in [5.74, 6) is -1.16. The van der Waals surface area contributed by atoms with Crippen molar-refractivity contribution >= 4 is 23.3 Å². The summed E-state index contributed by atoms with van der Waals surface area (Å²) in [6.07, 6.45) is 1.59. The fourth-order valence-corrected chi connectivity index (χ4v) is 3.45. The number of ether oxygens (including phenoxy) is 1. The number of aromatic amines is 1. The molecule has 1 amide bonds. The van der Waals surface area contributed by atoms with Crippen LogP contribution in [0, 0.1) is 24.0 Å². The first-order chi connectivity index (χ1) is 14.2. The summed E-state index contributed by atoms with van der Waals surface area (Å²) < 4.78 is 5.01. The number of hydrogen-bond donors (Lipinski definition) is 1. The molecule has 0 radical (unpaired) electrons. The van der Waals surface area contributed by atoms with Crippen molar-refractivity contribution in [3.63, 3.8) is 0 Å². The minimum atomic E-state index is -0.533. The molecule has 0 unspecified atom stereocenters. The van der Waals surface area contributed by atoms with E-state index in [1.807, 2.05) is 0 Å². The molecule has 1 saturated carbocycles. The van der Waals surface area contributed by atoms with Gasteiger partial charge in [0, 0.05) is 35.0 Å². The maximum absolute atomic E-state index is 13.0. The molecule has 1 aromatic heterocycles. The van der Waals surface area contributed by atoms with Crippen LogP contribution in [0.5, 0.6) is 0 Å². The Balaban J connectivity index is 1.82. The van der Waals surface area contributed by atoms with Crippen LogP contribution < -0.4 is 0 Å². The molecule has 1 N–H and O–H groups in total. The van der Waals surface area contributed by atoms with Gasteiger partial charge in [0.1, 0.15) is 5.69 Å². The molecular formula is C21H23N3O6. The Morgan fingerprint density at radius 2 is 1.83 bits per heavy atom. The van der Waals surface area contributed by atoms with Crippen LogP contribution in [0.3, 0.4) is 0 Å². The summed E-state index contributed by atoms with van der Waals surface area (Å²) in [5.41, 5.74) is 1.83. The number of rotatable bonds is 8. The first-order valence-electron chi connectivity index (χ1n) is 9.69. The number of benzene rings is 1. The summed E-state index contributed by atoms with van der Waals surface area (Å²) in [6, 6.07) is 5.29. The predicted octanol–water partition coefficient (Wildman–Crippen LogP) is 3.20. The number of esters is 1. The van der Waals surface area contributed by atoms with Crippen LogP contribution in [0.2, 0.25) is 0 Å². The van der Waals surface area contributed by atoms with E-state index in [1.165, 1.54) is 29.2 Å². The van der Waals surface area contributed by atoms with Gasteiger partial charge in [-0.1, -0.05) is 0 Å². The van der Waals surface area contributed by atoms with Crippen molar-refractivity contribution < 1.29 is 24.0 Å². The fourth-order valence-electron chi connectivity index (χ4n) is 3.45. The standard InChI is InChI=1S/C21H23N3O6/c1-4-30-21(27)19-12(2)18(13(3)22-19)17(25)11-23(15-9-10-15)20(26)14-5-7-16(8-6-14)24(28)29/h5-8,15,22H,4,9-11H2,1-3H3. The van der Waals surface area contributed by atoms with Gasteiger partial charge in [0.05, 0.1) is 18.1 Å². The highest BCUT2D eigenvalue weighted by molar-refractivity contribution is 6.06. The maximum atomic E-state index is 13.0. The van der Waals surface area contributed by atoms with Gasteiger partial charge in [-0.3, -0.25) is 19.7 Å². The third-order valence-corrected chi connectivity index (χ3v) is 5.08. The van der Waals surface area contributed by atoms with Crippen LogP contribution >= 0.6 is 0 Å². The van der Waals surface area contributed by atoms with Gasteiger partial charge in [-0.05, 0) is 51.3 Å². The van der Waals surface area contributed by atoms with Crippen molar-refractivity contribution in [1.29, 1.82) is 0 Å². The summed E-state index contributed by atoms with van der Waals surface area (Å²) >= 11 is 0. The lowest BCUT2D eigenvalue weighted by Gasteiger charge is -2.22. The van der Waals surface area contributed by atoms with Crippen molar-refractivity contribution in [3.05, 3.63) is 62.5 Å². The lowest BCUT2D eigenvalue weighted by atomic mass is 10.0. The average Bonchev–Trinajstić information content (AvgIpc) is 3.50. The number of nitro groups is 1. The maximum Gasteiger partial charge on any atom is 0.355 e. The molecule has 0 bridgehead atoms. The van der Waals surface area contributed by atoms with Crippen LogP contribution in [0.25, 0.3) is 0 Å². The zero-order valence-corrected chi connectivity index (χ0v) is 17.1. The monoisotopic (exact) mass is 413 g/mol. The van der Waals surface area contributed by atoms with Gasteiger partial charge in [0.15, 0.2) is 5.78 Å². The number of aryl methyl sites for hydroxylation is 1. The Morgan fingerprint density at radius 1 is 1.20 bits per heavy atom. The molecule has 0 aliphatic heterocycles. The number of nitrogens with zero attached hydrogens (tertiary/aromatic N) is 2. The van der Waals surface area contributed by atoms with E-state index in [0.29, 0.717) is 16.8 Å². The number of amides is 1. The number of non-ortho nitro benzene ring substituents is 1. The quantitative estimate of drug-likeness (QED) is 0.307. The van der Waals surface area contributed by atoms with Gasteiger partial charge >= 0.3 is 5.97 Å². The third-order valence-electron chi connectivity index (χ3n) is 5.08. The molecule has 9 nitrogen and oxygen atoms in total. The molecule has 1 aliphatic carbocycles. The first-order valence-corrected chi connectivity index (χ1v) is 9.69. The van der Waals surface area contributed by atoms with E-state index in [1.54, 1.807) is 20.8 Å². The third kappa shape index (κ3) is 4.24. The molecule has 3 rings (SSSR count). The second-order valence-corrected chi connectivity index (χ2v) is 7.24. The number of carbonyl (C=O) groups is 3. The summed E-state index contributed by atoms with van der Waals surface area (Å²) in [7, 11) is 0. The van der Waals surface area contributed by atoms with Crippen LogP contribution in [-0.2, 0) is 4.74 Å². The normalized spacial score (nSPS) is 13.0. The zero-order valence-electron chi connectivity index (χ0n) is 17.1. The Labute approximate surface area is 173 Å². The van der Waals surface area contributed by atoms with Crippen molar-refractivity contribution in [2.75, 3.05) is 13.2 Å². The topological polar surface area (TPSA) is 123 Å². The molecule has 1 heterocycles. The lowest BCUT2D eigenvalue weighted by molar-refractivity contribution is -0.384. The molecule has 0 atom stereocenters. The van der Waals surface area contributed by atoms with Crippen LogP contribution in [0.15, 0.2) is 24.3 Å². The number of nitrogens with one attached hydrogen (secondary N) is 1. The van der Waals surface area contributed by atoms with Gasteiger partial charge in [0.25, 0.3) is 11.6 Å². The van der Waals surface area contributed by atoms with E-state index in [-0.39, 0.29) is 47.8 Å². The highest BCUT2D eigenvalue weighted by Crippen LogP contribution is 2.30. The van der Waals surface area contributed by atoms with E-state index >= 15 is 0 Å². The van der Waals surface area contributed by atoms with Crippen molar-refractivity contribution in [3.8, 4) is 0 Å². The zero-order chi connectivity index (χ0) is 22.0. The Bertz CT molecular complexity index is 1000. The molecule has 0 spiro atoms. The SMILES string of the molecule is CCOC(=O)c1[nH]c(C)c(C(=O)CN(C(=O)c2ccc([N+](=O)[O-])cc2)C2CC2)c1C. The van der Waals surface area contributed by atoms with E-state index in [4.69, 9.17) is 4.74 Å². The molecule has 9 heteroatoms. The van der Waals surface area contributed by atoms with Crippen molar-refractivity contribution in [2.45, 2.75) is 39.7 Å². The second-order valence-electron chi connectivity index (χ2n) is 7.24. The number of ketones is 1. The van der Waals surface area contributed by atoms with Crippen molar-refractivity contribution in [1.82, 2.24) is 9.88 Å². The summed E-state index contributed by atoms with van der Waals surface area (Å²) in [6.45, 7) is 5.15. The van der Waals surface area contributed by atoms with Crippen molar-refractivity contribution in [2.24, 2.45) is 0 Å². The molecule has 1 fully saturated rings. The minimum absolute atomic E-state index is 0.0410. The lowest BCUT2D eigenvalue weighted by Crippen LogP contribution is -2.37. The highest BCUT2D eigenvalue weighted by atomic mass is 16.6. The molecule has 1 aromatic carbocycles. The Morgan fingerprint density at radius 3 is 2.37 bits per heavy atom. The van der Waals surface area contributed by atoms with E-state index in [9.17, 15) is 24.5 Å². The molecule has 0 saturated heterocycles. The molecular weight excluding hydrogens is 390 g/mol. The number of hydrogen-bond acceptors (Lipinski definition) is 6. The predicted molar refractivity (Wildman–Crippen MR) is 108 cm³/mol. The molecule has 30 heavy (non-hydrogen) atoms. The van der Waals surface area contributed by atoms with E-state index < -0.39 is 10.9 Å². The number of aromatic nitrogens is 1. The molecule has 1 aliphatic rings. The van der Waals surface area contributed by atoms with Crippen LogP contribution in [0.1, 0.15) is 62.2 Å². The fraction of sp³-hybridized carbons (Fsp3) is 0.381. The summed E-state index contributed by atoms with van der Waals surface area (Å²) in [4.78, 5) is 52.8. The van der Waals surface area contributed by atoms with E-state index in [0.717, 1.165) is 12.8 Å². The Kier molecular flexibility index (Phi) is 6.00. The van der Waals surface area contributed by atoms with Gasteiger partial charge in [-0.15, -0.1) is 0 Å². The van der Waals surface area contributed by atoms with Gasteiger partial charge < -0.3 is 14.6 Å². The van der Waals surface area contributed by atoms with Gasteiger partial charge in [-0.2, -0.15) is 0 Å².